The summed E-state index contributed by atoms with van der Waals surface area (Å²) in [6.45, 7) is 0. The van der Waals surface area contributed by atoms with Gasteiger partial charge in [0, 0.05) is 6.07 Å². The summed E-state index contributed by atoms with van der Waals surface area (Å²) in [6.07, 6.45) is 0. The SMILES string of the molecule is O=[N+]([O-])c1ccccc1OC(=S)Cl. The van der Waals surface area contributed by atoms with E-state index in [0.717, 1.165) is 0 Å². The summed E-state index contributed by atoms with van der Waals surface area (Å²) in [5, 5.41) is 10.4. The fraction of sp³-hybridized carbons (Fsp3) is 0. The van der Waals surface area contributed by atoms with Crippen molar-refractivity contribution in [2.45, 2.75) is 0 Å². The number of halogens is 1. The Balaban J connectivity index is 3.04. The molecule has 1 aromatic rings. The predicted octanol–water partition coefficient (Wildman–Crippen LogP) is 2.50. The van der Waals surface area contributed by atoms with Crippen molar-refractivity contribution in [2.75, 3.05) is 0 Å². The first kappa shape index (κ1) is 9.88. The highest BCUT2D eigenvalue weighted by molar-refractivity contribution is 7.82. The maximum atomic E-state index is 10.4. The van der Waals surface area contributed by atoms with Gasteiger partial charge in [-0.25, -0.2) is 0 Å². The molecule has 1 aromatic carbocycles. The summed E-state index contributed by atoms with van der Waals surface area (Å²) in [6, 6.07) is 5.86. The fourth-order valence-corrected chi connectivity index (χ4v) is 0.954. The first-order chi connectivity index (χ1) is 6.11. The van der Waals surface area contributed by atoms with Crippen LogP contribution >= 0.6 is 23.8 Å². The highest BCUT2D eigenvalue weighted by atomic mass is 35.5. The van der Waals surface area contributed by atoms with Crippen LogP contribution in [0.25, 0.3) is 0 Å². The summed E-state index contributed by atoms with van der Waals surface area (Å²) in [7, 11) is 0. The van der Waals surface area contributed by atoms with E-state index in [1.807, 2.05) is 0 Å². The van der Waals surface area contributed by atoms with Crippen LogP contribution in [0.15, 0.2) is 24.3 Å². The summed E-state index contributed by atoms with van der Waals surface area (Å²) < 4.78 is 4.49. The molecule has 4 nitrogen and oxygen atoms in total. The predicted molar refractivity (Wildman–Crippen MR) is 52.2 cm³/mol. The molecule has 0 aliphatic heterocycles. The van der Waals surface area contributed by atoms with Gasteiger partial charge in [-0.3, -0.25) is 10.1 Å². The van der Waals surface area contributed by atoms with E-state index in [9.17, 15) is 10.1 Å². The van der Waals surface area contributed by atoms with Gasteiger partial charge in [0.15, 0.2) is 0 Å². The molecule has 13 heavy (non-hydrogen) atoms. The Labute approximate surface area is 84.2 Å². The third-order valence-corrected chi connectivity index (χ3v) is 1.41. The number of thiocarbonyl (C=S) groups is 1. The minimum absolute atomic E-state index is 0.0486. The smallest absolute Gasteiger partial charge is 0.311 e. The maximum Gasteiger partial charge on any atom is 0.311 e. The van der Waals surface area contributed by atoms with Crippen molar-refractivity contribution in [3.63, 3.8) is 0 Å². The Kier molecular flexibility index (Phi) is 3.16. The zero-order valence-electron chi connectivity index (χ0n) is 6.27. The number of rotatable bonds is 2. The second kappa shape index (κ2) is 4.15. The largest absolute Gasteiger partial charge is 0.428 e. The fourth-order valence-electron chi connectivity index (χ4n) is 0.781. The van der Waals surface area contributed by atoms with Crippen LogP contribution in [0.1, 0.15) is 0 Å². The Morgan fingerprint density at radius 1 is 1.54 bits per heavy atom. The Morgan fingerprint density at radius 3 is 2.69 bits per heavy atom. The topological polar surface area (TPSA) is 52.4 Å². The molecule has 0 saturated heterocycles. The molecule has 0 saturated carbocycles. The number of nitro benzene ring substituents is 1. The van der Waals surface area contributed by atoms with E-state index in [1.54, 1.807) is 6.07 Å². The molecule has 0 unspecified atom stereocenters. The maximum absolute atomic E-state index is 10.4. The summed E-state index contributed by atoms with van der Waals surface area (Å²) >= 11 is 9.72. The molecular formula is C7H4ClNO3S. The van der Waals surface area contributed by atoms with Crippen LogP contribution in [0.4, 0.5) is 5.69 Å². The lowest BCUT2D eigenvalue weighted by molar-refractivity contribution is -0.385. The van der Waals surface area contributed by atoms with Gasteiger partial charge >= 0.3 is 5.69 Å². The van der Waals surface area contributed by atoms with Gasteiger partial charge in [0.1, 0.15) is 0 Å². The minimum Gasteiger partial charge on any atom is -0.428 e. The van der Waals surface area contributed by atoms with E-state index >= 15 is 0 Å². The molecule has 0 heterocycles. The second-order valence-electron chi connectivity index (χ2n) is 2.06. The zero-order valence-corrected chi connectivity index (χ0v) is 7.84. The van der Waals surface area contributed by atoms with Gasteiger partial charge in [-0.2, -0.15) is 0 Å². The minimum atomic E-state index is -0.565. The third kappa shape index (κ3) is 2.64. The molecule has 0 radical (unpaired) electrons. The molecule has 0 aliphatic rings. The summed E-state index contributed by atoms with van der Waals surface area (Å²) in [4.78, 5) is 9.88. The van der Waals surface area contributed by atoms with Crippen LogP contribution in [-0.2, 0) is 0 Å². The molecule has 0 aromatic heterocycles. The molecule has 68 valence electrons. The van der Waals surface area contributed by atoms with E-state index in [1.165, 1.54) is 18.2 Å². The molecule has 6 heteroatoms. The monoisotopic (exact) mass is 217 g/mol. The van der Waals surface area contributed by atoms with Gasteiger partial charge in [-0.05, 0) is 29.9 Å². The molecule has 0 atom stereocenters. The van der Waals surface area contributed by atoms with E-state index in [2.05, 4.69) is 12.2 Å². The summed E-state index contributed by atoms with van der Waals surface area (Å²) in [5.41, 5.74) is -0.162. The van der Waals surface area contributed by atoms with Gasteiger partial charge in [-0.1, -0.05) is 12.1 Å². The van der Waals surface area contributed by atoms with Gasteiger partial charge in [0.05, 0.1) is 4.92 Å². The number of nitro groups is 1. The summed E-state index contributed by atoms with van der Waals surface area (Å²) in [5.74, 6) is 0.0486. The molecule has 0 fully saturated rings. The number of para-hydroxylation sites is 2. The standard InChI is InChI=1S/C7H4ClNO3S/c8-7(13)12-6-4-2-1-3-5(6)9(10)11/h1-4H. The number of benzene rings is 1. The van der Waals surface area contributed by atoms with Gasteiger partial charge < -0.3 is 4.74 Å². The van der Waals surface area contributed by atoms with Crippen molar-refractivity contribution < 1.29 is 9.66 Å². The van der Waals surface area contributed by atoms with Crippen molar-refractivity contribution in [3.8, 4) is 5.75 Å². The zero-order chi connectivity index (χ0) is 9.84. The first-order valence-corrected chi connectivity index (χ1v) is 4.00. The van der Waals surface area contributed by atoms with Crippen molar-refractivity contribution in [1.82, 2.24) is 0 Å². The third-order valence-electron chi connectivity index (χ3n) is 1.25. The highest BCUT2D eigenvalue weighted by Gasteiger charge is 2.14. The van der Waals surface area contributed by atoms with Crippen molar-refractivity contribution in [3.05, 3.63) is 34.4 Å². The Bertz CT molecular complexity index is 355. The van der Waals surface area contributed by atoms with Crippen LogP contribution in [0.3, 0.4) is 0 Å². The molecule has 0 aliphatic carbocycles. The van der Waals surface area contributed by atoms with Crippen molar-refractivity contribution in [1.29, 1.82) is 0 Å². The van der Waals surface area contributed by atoms with Crippen LogP contribution in [0.5, 0.6) is 5.75 Å². The lowest BCUT2D eigenvalue weighted by Crippen LogP contribution is -1.99. The van der Waals surface area contributed by atoms with E-state index in [-0.39, 0.29) is 15.9 Å². The van der Waals surface area contributed by atoms with Gasteiger partial charge in [0.25, 0.3) is 4.51 Å². The van der Waals surface area contributed by atoms with Gasteiger partial charge in [-0.15, -0.1) is 0 Å². The Morgan fingerprint density at radius 2 is 2.15 bits per heavy atom. The quantitative estimate of drug-likeness (QED) is 0.331. The molecule has 0 N–H and O–H groups in total. The highest BCUT2D eigenvalue weighted by Crippen LogP contribution is 2.26. The first-order valence-electron chi connectivity index (χ1n) is 3.22. The Hall–Kier alpha value is -1.20. The van der Waals surface area contributed by atoms with E-state index < -0.39 is 4.92 Å². The normalized spacial score (nSPS) is 9.31. The number of hydrogen-bond donors (Lipinski definition) is 0. The van der Waals surface area contributed by atoms with Crippen LogP contribution in [-0.4, -0.2) is 9.43 Å². The number of ether oxygens (including phenoxy) is 1. The van der Waals surface area contributed by atoms with E-state index in [4.69, 9.17) is 16.3 Å². The van der Waals surface area contributed by atoms with Crippen molar-refractivity contribution in [2.24, 2.45) is 0 Å². The molecule has 1 rings (SSSR count). The van der Waals surface area contributed by atoms with Crippen molar-refractivity contribution >= 4 is 34.0 Å². The van der Waals surface area contributed by atoms with Crippen LogP contribution in [0.2, 0.25) is 0 Å². The van der Waals surface area contributed by atoms with Crippen LogP contribution < -0.4 is 4.74 Å². The number of hydrogen-bond acceptors (Lipinski definition) is 4. The van der Waals surface area contributed by atoms with E-state index in [0.29, 0.717) is 0 Å². The van der Waals surface area contributed by atoms with Crippen LogP contribution in [0, 0.1) is 10.1 Å². The second-order valence-corrected chi connectivity index (χ2v) is 3.00. The lowest BCUT2D eigenvalue weighted by Gasteiger charge is -2.00. The molecule has 0 spiro atoms. The molecule has 0 amide bonds. The lowest BCUT2D eigenvalue weighted by atomic mass is 10.3. The molecule has 0 bridgehead atoms. The average molecular weight is 218 g/mol. The molecular weight excluding hydrogens is 214 g/mol. The number of nitrogens with zero attached hydrogens (tertiary/aromatic N) is 1. The van der Waals surface area contributed by atoms with Gasteiger partial charge in [0.2, 0.25) is 5.75 Å². The average Bonchev–Trinajstić information content (AvgIpc) is 2.03.